The minimum Gasteiger partial charge on any atom is -0.494 e. The number of H-pyrrole nitrogens is 1. The molecule has 38 heavy (non-hydrogen) atoms. The van der Waals surface area contributed by atoms with Gasteiger partial charge >= 0.3 is 5.97 Å². The van der Waals surface area contributed by atoms with Gasteiger partial charge < -0.3 is 19.7 Å². The molecule has 0 spiro atoms. The molecule has 1 amide bonds. The lowest BCUT2D eigenvalue weighted by Gasteiger charge is -2.28. The van der Waals surface area contributed by atoms with Crippen LogP contribution in [0.15, 0.2) is 54.5 Å². The third kappa shape index (κ3) is 4.26. The van der Waals surface area contributed by atoms with E-state index in [2.05, 4.69) is 26.3 Å². The number of carboxylic acid groups (broad SMARTS) is 1. The number of ether oxygens (including phenoxy) is 1. The number of hydrogen-bond acceptors (Lipinski definition) is 8. The fourth-order valence-corrected chi connectivity index (χ4v) is 4.52. The minimum atomic E-state index is -1.25. The first kappa shape index (κ1) is 24.4. The molecule has 1 aliphatic heterocycles. The van der Waals surface area contributed by atoms with E-state index in [0.717, 1.165) is 15.8 Å². The molecule has 0 bridgehead atoms. The molecule has 0 saturated carbocycles. The van der Waals surface area contributed by atoms with Crippen LogP contribution in [0.25, 0.3) is 22.3 Å². The third-order valence-corrected chi connectivity index (χ3v) is 6.42. The Bertz CT molecular complexity index is 1640. The number of aromatic amines is 1. The number of nitrogens with one attached hydrogen (secondary N) is 1. The van der Waals surface area contributed by atoms with E-state index >= 15 is 0 Å². The number of carbonyl (C=O) groups is 3. The number of aromatic carboxylic acids is 1. The summed E-state index contributed by atoms with van der Waals surface area (Å²) in [4.78, 5) is 46.5. The second-order valence-corrected chi connectivity index (χ2v) is 8.53. The summed E-state index contributed by atoms with van der Waals surface area (Å²) in [5, 5.41) is 26.6. The van der Waals surface area contributed by atoms with Gasteiger partial charge in [0, 0.05) is 19.3 Å². The van der Waals surface area contributed by atoms with Gasteiger partial charge in [-0.3, -0.25) is 9.59 Å². The number of hydrogen-bond donors (Lipinski definition) is 2. The highest BCUT2D eigenvalue weighted by Crippen LogP contribution is 2.32. The van der Waals surface area contributed by atoms with Gasteiger partial charge in [-0.05, 0) is 24.0 Å². The summed E-state index contributed by atoms with van der Waals surface area (Å²) in [6, 6.07) is 11.7. The quantitative estimate of drug-likeness (QED) is 0.225. The molecular formula is C26H21N7O5. The molecule has 0 unspecified atom stereocenters. The molecule has 1 aliphatic rings. The lowest BCUT2D eigenvalue weighted by Crippen LogP contribution is -2.40. The average Bonchev–Trinajstić information content (AvgIpc) is 3.62. The largest absolute Gasteiger partial charge is 0.494 e. The van der Waals surface area contributed by atoms with Crippen molar-refractivity contribution in [3.8, 4) is 17.6 Å². The van der Waals surface area contributed by atoms with E-state index in [4.69, 9.17) is 9.84 Å². The molecule has 12 nitrogen and oxygen atoms in total. The number of allylic oxidation sites excluding steroid dienone is 1. The van der Waals surface area contributed by atoms with Crippen LogP contribution in [0.2, 0.25) is 0 Å². The van der Waals surface area contributed by atoms with Crippen LogP contribution in [0.5, 0.6) is 5.75 Å². The topological polar surface area (TPSA) is 167 Å². The highest BCUT2D eigenvalue weighted by molar-refractivity contribution is 6.45. The molecule has 3 aromatic heterocycles. The summed E-state index contributed by atoms with van der Waals surface area (Å²) < 4.78 is 6.56. The maximum Gasteiger partial charge on any atom is 0.358 e. The second-order valence-electron chi connectivity index (χ2n) is 8.53. The van der Waals surface area contributed by atoms with E-state index in [1.165, 1.54) is 30.6 Å². The number of nitrogens with zero attached hydrogens (tertiary/aromatic N) is 6. The Kier molecular flexibility index (Phi) is 6.40. The molecule has 5 rings (SSSR count). The van der Waals surface area contributed by atoms with Gasteiger partial charge in [-0.15, -0.1) is 5.10 Å². The third-order valence-electron chi connectivity index (χ3n) is 6.42. The zero-order chi connectivity index (χ0) is 26.8. The number of methoxy groups -OCH3 is 1. The van der Waals surface area contributed by atoms with Crippen LogP contribution in [0, 0.1) is 11.3 Å². The molecule has 1 fully saturated rings. The zero-order valence-corrected chi connectivity index (χ0v) is 20.2. The average molecular weight is 511 g/mol. The lowest BCUT2D eigenvalue weighted by atomic mass is 9.93. The smallest absolute Gasteiger partial charge is 0.358 e. The SMILES string of the molecule is COc1cnc(-n2cc(C(=O)O)nn2)c2[nH]cc(C(=O)C(=O)N3CCC(=C(C#N)c4ccccc4)CC3)c12. The summed E-state index contributed by atoms with van der Waals surface area (Å²) in [7, 11) is 1.41. The lowest BCUT2D eigenvalue weighted by molar-refractivity contribution is -0.126. The number of nitriles is 1. The van der Waals surface area contributed by atoms with Crippen molar-refractivity contribution in [1.82, 2.24) is 29.9 Å². The van der Waals surface area contributed by atoms with Crippen molar-refractivity contribution in [2.75, 3.05) is 20.2 Å². The Morgan fingerprint density at radius 3 is 2.53 bits per heavy atom. The number of carboxylic acids is 1. The number of rotatable bonds is 6. The molecule has 190 valence electrons. The summed E-state index contributed by atoms with van der Waals surface area (Å²) >= 11 is 0. The number of carbonyl (C=O) groups excluding carboxylic acids is 2. The molecule has 0 radical (unpaired) electrons. The van der Waals surface area contributed by atoms with Gasteiger partial charge in [0.15, 0.2) is 11.5 Å². The molecule has 1 aromatic carbocycles. The summed E-state index contributed by atoms with van der Waals surface area (Å²) in [5.41, 5.74) is 2.52. The van der Waals surface area contributed by atoms with Gasteiger partial charge in [0.2, 0.25) is 0 Å². The number of benzene rings is 1. The number of piperidine rings is 1. The van der Waals surface area contributed by atoms with E-state index in [9.17, 15) is 19.6 Å². The number of amides is 1. The first-order valence-corrected chi connectivity index (χ1v) is 11.6. The van der Waals surface area contributed by atoms with Gasteiger partial charge in [-0.25, -0.2) is 9.78 Å². The molecule has 0 aliphatic carbocycles. The van der Waals surface area contributed by atoms with Crippen molar-refractivity contribution >= 4 is 34.1 Å². The van der Waals surface area contributed by atoms with Crippen molar-refractivity contribution in [3.63, 3.8) is 0 Å². The molecule has 4 aromatic rings. The molecule has 1 saturated heterocycles. The molecule has 2 N–H and O–H groups in total. The Hall–Kier alpha value is -5.31. The Morgan fingerprint density at radius 1 is 1.16 bits per heavy atom. The first-order valence-electron chi connectivity index (χ1n) is 11.6. The molecule has 12 heteroatoms. The first-order chi connectivity index (χ1) is 18.4. The van der Waals surface area contributed by atoms with Crippen LogP contribution in [0.3, 0.4) is 0 Å². The molecule has 0 atom stereocenters. The monoisotopic (exact) mass is 511 g/mol. The highest BCUT2D eigenvalue weighted by Gasteiger charge is 2.30. The van der Waals surface area contributed by atoms with Crippen molar-refractivity contribution in [2.45, 2.75) is 12.8 Å². The number of aromatic nitrogens is 5. The van der Waals surface area contributed by atoms with Gasteiger partial charge in [-0.2, -0.15) is 9.94 Å². The van der Waals surface area contributed by atoms with Crippen LogP contribution >= 0.6 is 0 Å². The van der Waals surface area contributed by atoms with Crippen molar-refractivity contribution < 1.29 is 24.2 Å². The van der Waals surface area contributed by atoms with Gasteiger partial charge in [0.05, 0.1) is 47.6 Å². The number of pyridine rings is 1. The van der Waals surface area contributed by atoms with Gasteiger partial charge in [0.1, 0.15) is 5.75 Å². The predicted molar refractivity (Wildman–Crippen MR) is 134 cm³/mol. The van der Waals surface area contributed by atoms with Crippen LogP contribution in [-0.2, 0) is 4.79 Å². The van der Waals surface area contributed by atoms with E-state index in [1.807, 2.05) is 30.3 Å². The molecule has 4 heterocycles. The highest BCUT2D eigenvalue weighted by atomic mass is 16.5. The van der Waals surface area contributed by atoms with E-state index in [1.54, 1.807) is 0 Å². The van der Waals surface area contributed by atoms with Crippen molar-refractivity contribution in [3.05, 3.63) is 71.3 Å². The Morgan fingerprint density at radius 2 is 1.89 bits per heavy atom. The second kappa shape index (κ2) is 9.98. The number of Topliss-reactive ketones (excluding diaryl/α,β-unsaturated/α-hetero) is 1. The van der Waals surface area contributed by atoms with Crippen molar-refractivity contribution in [2.24, 2.45) is 0 Å². The maximum atomic E-state index is 13.4. The number of fused-ring (bicyclic) bond motifs is 1. The minimum absolute atomic E-state index is 0.0902. The fourth-order valence-electron chi connectivity index (χ4n) is 4.52. The normalized spacial score (nSPS) is 13.3. The van der Waals surface area contributed by atoms with Crippen LogP contribution in [0.4, 0.5) is 0 Å². The van der Waals surface area contributed by atoms with Crippen LogP contribution in [-0.4, -0.2) is 72.8 Å². The summed E-state index contributed by atoms with van der Waals surface area (Å²) in [6.45, 7) is 0.613. The predicted octanol–water partition coefficient (Wildman–Crippen LogP) is 2.63. The van der Waals surface area contributed by atoms with Gasteiger partial charge in [-0.1, -0.05) is 35.5 Å². The van der Waals surface area contributed by atoms with Crippen molar-refractivity contribution in [1.29, 1.82) is 5.26 Å². The van der Waals surface area contributed by atoms with E-state index < -0.39 is 17.7 Å². The van der Waals surface area contributed by atoms with Crippen LogP contribution < -0.4 is 4.74 Å². The fraction of sp³-hybridized carbons (Fsp3) is 0.192. The Balaban J connectivity index is 1.42. The van der Waals surface area contributed by atoms with Crippen LogP contribution in [0.1, 0.15) is 39.3 Å². The number of ketones is 1. The van der Waals surface area contributed by atoms with E-state index in [0.29, 0.717) is 42.4 Å². The van der Waals surface area contributed by atoms with E-state index in [-0.39, 0.29) is 22.8 Å². The van der Waals surface area contributed by atoms with Gasteiger partial charge in [0.25, 0.3) is 11.7 Å². The standard InChI is InChI=1S/C26H21N7O5/c1-38-20-13-29-24(33-14-19(26(36)37)30-31-33)22-21(20)18(12-28-22)23(34)25(35)32-9-7-16(8-10-32)17(11-27)15-5-3-2-4-6-15/h2-6,12-14,28H,7-10H2,1H3,(H,36,37). The maximum absolute atomic E-state index is 13.4. The Labute approximate surface area is 215 Å². The zero-order valence-electron chi connectivity index (χ0n) is 20.2. The number of likely N-dealkylation sites (tertiary alicyclic amines) is 1. The summed E-state index contributed by atoms with van der Waals surface area (Å²) in [6.07, 6.45) is 4.92. The molecular weight excluding hydrogens is 490 g/mol. The summed E-state index contributed by atoms with van der Waals surface area (Å²) in [5.74, 6) is -2.21.